The van der Waals surface area contributed by atoms with Crippen LogP contribution in [0.2, 0.25) is 0 Å². The van der Waals surface area contributed by atoms with Gasteiger partial charge in [-0.15, -0.1) is 0 Å². The summed E-state index contributed by atoms with van der Waals surface area (Å²) in [6.07, 6.45) is 0.129. The van der Waals surface area contributed by atoms with Gasteiger partial charge in [0.25, 0.3) is 0 Å². The van der Waals surface area contributed by atoms with Crippen LogP contribution >= 0.6 is 0 Å². The number of benzene rings is 1. The van der Waals surface area contributed by atoms with Gasteiger partial charge in [-0.3, -0.25) is 9.59 Å². The van der Waals surface area contributed by atoms with E-state index in [1.165, 1.54) is 18.2 Å². The van der Waals surface area contributed by atoms with Crippen LogP contribution in [0.5, 0.6) is 0 Å². The first-order valence-corrected chi connectivity index (χ1v) is 5.06. The van der Waals surface area contributed by atoms with Crippen LogP contribution in [0.3, 0.4) is 0 Å². The standard InChI is InChI=1S/C11H13FN2O3/c12-8-2-1-3-9(6-8)14-10(15)4-5-13-7-11(16)17/h1-3,6,13H,4-5,7H2,(H,14,15)(H,16,17). The first kappa shape index (κ1) is 13.1. The average molecular weight is 240 g/mol. The van der Waals surface area contributed by atoms with Crippen LogP contribution in [0.1, 0.15) is 6.42 Å². The minimum Gasteiger partial charge on any atom is -0.480 e. The molecule has 0 spiro atoms. The van der Waals surface area contributed by atoms with E-state index in [2.05, 4.69) is 10.6 Å². The van der Waals surface area contributed by atoms with E-state index < -0.39 is 11.8 Å². The van der Waals surface area contributed by atoms with Crippen molar-refractivity contribution in [2.45, 2.75) is 6.42 Å². The van der Waals surface area contributed by atoms with Gasteiger partial charge in [-0.2, -0.15) is 0 Å². The molecule has 0 fully saturated rings. The van der Waals surface area contributed by atoms with Crippen molar-refractivity contribution in [3.05, 3.63) is 30.1 Å². The largest absolute Gasteiger partial charge is 0.480 e. The average Bonchev–Trinajstić information content (AvgIpc) is 2.24. The quantitative estimate of drug-likeness (QED) is 0.643. The molecule has 1 amide bonds. The lowest BCUT2D eigenvalue weighted by Gasteiger charge is -2.05. The molecule has 1 aromatic carbocycles. The third-order valence-electron chi connectivity index (χ3n) is 1.91. The highest BCUT2D eigenvalue weighted by molar-refractivity contribution is 5.90. The topological polar surface area (TPSA) is 78.4 Å². The molecule has 0 saturated carbocycles. The summed E-state index contributed by atoms with van der Waals surface area (Å²) in [6.45, 7) is 0.0701. The second kappa shape index (κ2) is 6.59. The van der Waals surface area contributed by atoms with Gasteiger partial charge < -0.3 is 15.7 Å². The molecular formula is C11H13FN2O3. The number of aliphatic carboxylic acids is 1. The molecule has 92 valence electrons. The molecule has 0 aliphatic carbocycles. The van der Waals surface area contributed by atoms with E-state index in [1.807, 2.05) is 0 Å². The van der Waals surface area contributed by atoms with Crippen molar-refractivity contribution in [1.29, 1.82) is 0 Å². The van der Waals surface area contributed by atoms with Gasteiger partial charge in [0.1, 0.15) is 5.82 Å². The van der Waals surface area contributed by atoms with E-state index in [0.717, 1.165) is 0 Å². The number of carbonyl (C=O) groups is 2. The number of carboxylic acid groups (broad SMARTS) is 1. The summed E-state index contributed by atoms with van der Waals surface area (Å²) in [6, 6.07) is 5.56. The summed E-state index contributed by atoms with van der Waals surface area (Å²) < 4.78 is 12.8. The van der Waals surface area contributed by atoms with E-state index in [4.69, 9.17) is 5.11 Å². The van der Waals surface area contributed by atoms with Gasteiger partial charge in [-0.1, -0.05) is 6.07 Å². The molecule has 1 rings (SSSR count). The Morgan fingerprint density at radius 2 is 2.12 bits per heavy atom. The number of halogens is 1. The molecule has 0 saturated heterocycles. The molecule has 0 heterocycles. The summed E-state index contributed by atoms with van der Waals surface area (Å²) in [5, 5.41) is 13.4. The molecular weight excluding hydrogens is 227 g/mol. The van der Waals surface area contributed by atoms with E-state index >= 15 is 0 Å². The Balaban J connectivity index is 2.27. The van der Waals surface area contributed by atoms with Crippen LogP contribution in [0.15, 0.2) is 24.3 Å². The number of carboxylic acids is 1. The maximum absolute atomic E-state index is 12.8. The fourth-order valence-corrected chi connectivity index (χ4v) is 1.19. The van der Waals surface area contributed by atoms with Crippen LogP contribution in [0, 0.1) is 5.82 Å². The normalized spacial score (nSPS) is 9.94. The molecule has 0 unspecified atom stereocenters. The van der Waals surface area contributed by atoms with Gasteiger partial charge in [0, 0.05) is 18.7 Å². The van der Waals surface area contributed by atoms with Crippen molar-refractivity contribution in [2.24, 2.45) is 0 Å². The second-order valence-corrected chi connectivity index (χ2v) is 3.38. The number of hydrogen-bond donors (Lipinski definition) is 3. The minimum absolute atomic E-state index is 0.129. The first-order chi connectivity index (χ1) is 8.08. The Labute approximate surface area is 97.6 Å². The number of rotatable bonds is 6. The molecule has 0 radical (unpaired) electrons. The maximum Gasteiger partial charge on any atom is 0.317 e. The molecule has 0 aliphatic heterocycles. The van der Waals surface area contributed by atoms with Gasteiger partial charge in [0.2, 0.25) is 5.91 Å². The van der Waals surface area contributed by atoms with E-state index in [1.54, 1.807) is 6.07 Å². The van der Waals surface area contributed by atoms with Crippen LogP contribution in [0.4, 0.5) is 10.1 Å². The van der Waals surface area contributed by atoms with Crippen molar-refractivity contribution < 1.29 is 19.1 Å². The Kier molecular flexibility index (Phi) is 5.09. The zero-order valence-corrected chi connectivity index (χ0v) is 9.07. The van der Waals surface area contributed by atoms with Crippen LogP contribution in [-0.2, 0) is 9.59 Å². The number of amides is 1. The van der Waals surface area contributed by atoms with E-state index in [-0.39, 0.29) is 25.4 Å². The summed E-state index contributed by atoms with van der Waals surface area (Å²) in [5.41, 5.74) is 0.383. The van der Waals surface area contributed by atoms with Gasteiger partial charge in [-0.05, 0) is 18.2 Å². The maximum atomic E-state index is 12.8. The van der Waals surface area contributed by atoms with Crippen molar-refractivity contribution in [3.63, 3.8) is 0 Å². The van der Waals surface area contributed by atoms with Gasteiger partial charge in [0.15, 0.2) is 0 Å². The van der Waals surface area contributed by atoms with Crippen LogP contribution in [-0.4, -0.2) is 30.1 Å². The summed E-state index contributed by atoms with van der Waals surface area (Å²) >= 11 is 0. The van der Waals surface area contributed by atoms with Gasteiger partial charge >= 0.3 is 5.97 Å². The Morgan fingerprint density at radius 3 is 2.76 bits per heavy atom. The molecule has 5 nitrogen and oxygen atoms in total. The lowest BCUT2D eigenvalue weighted by Crippen LogP contribution is -2.26. The minimum atomic E-state index is -0.976. The lowest BCUT2D eigenvalue weighted by molar-refractivity contribution is -0.136. The molecule has 3 N–H and O–H groups in total. The molecule has 17 heavy (non-hydrogen) atoms. The zero-order chi connectivity index (χ0) is 12.7. The Morgan fingerprint density at radius 1 is 1.35 bits per heavy atom. The SMILES string of the molecule is O=C(O)CNCCC(=O)Nc1cccc(F)c1. The number of carbonyl (C=O) groups excluding carboxylic acids is 1. The fraction of sp³-hybridized carbons (Fsp3) is 0.273. The van der Waals surface area contributed by atoms with Gasteiger partial charge in [-0.25, -0.2) is 4.39 Å². The van der Waals surface area contributed by atoms with Gasteiger partial charge in [0.05, 0.1) is 6.54 Å². The zero-order valence-electron chi connectivity index (χ0n) is 9.07. The smallest absolute Gasteiger partial charge is 0.317 e. The van der Waals surface area contributed by atoms with Crippen molar-refractivity contribution in [1.82, 2.24) is 5.32 Å². The predicted octanol–water partition coefficient (Wildman–Crippen LogP) is 0.828. The van der Waals surface area contributed by atoms with Crippen molar-refractivity contribution >= 4 is 17.6 Å². The summed E-state index contributed by atoms with van der Waals surface area (Å²) in [4.78, 5) is 21.5. The van der Waals surface area contributed by atoms with Crippen molar-refractivity contribution in [2.75, 3.05) is 18.4 Å². The Hall–Kier alpha value is -1.95. The second-order valence-electron chi connectivity index (χ2n) is 3.38. The first-order valence-electron chi connectivity index (χ1n) is 5.06. The number of nitrogens with one attached hydrogen (secondary N) is 2. The highest BCUT2D eigenvalue weighted by Crippen LogP contribution is 2.08. The number of hydrogen-bond acceptors (Lipinski definition) is 3. The number of anilines is 1. The Bertz CT molecular complexity index is 409. The van der Waals surface area contributed by atoms with E-state index in [9.17, 15) is 14.0 Å². The molecule has 1 aromatic rings. The third kappa shape index (κ3) is 5.62. The molecule has 6 heteroatoms. The highest BCUT2D eigenvalue weighted by atomic mass is 19.1. The molecule has 0 aromatic heterocycles. The lowest BCUT2D eigenvalue weighted by atomic mass is 10.3. The van der Waals surface area contributed by atoms with Crippen LogP contribution < -0.4 is 10.6 Å². The third-order valence-corrected chi connectivity index (χ3v) is 1.91. The summed E-state index contributed by atoms with van der Waals surface area (Å²) in [7, 11) is 0. The highest BCUT2D eigenvalue weighted by Gasteiger charge is 2.03. The van der Waals surface area contributed by atoms with E-state index in [0.29, 0.717) is 5.69 Å². The monoisotopic (exact) mass is 240 g/mol. The summed E-state index contributed by atoms with van der Waals surface area (Å²) in [5.74, 6) is -1.70. The molecule has 0 atom stereocenters. The molecule has 0 bridgehead atoms. The predicted molar refractivity (Wildman–Crippen MR) is 60.2 cm³/mol. The van der Waals surface area contributed by atoms with Crippen molar-refractivity contribution in [3.8, 4) is 0 Å². The van der Waals surface area contributed by atoms with Crippen LogP contribution in [0.25, 0.3) is 0 Å². The molecule has 0 aliphatic rings. The fourth-order valence-electron chi connectivity index (χ4n) is 1.19.